The fourth-order valence-electron chi connectivity index (χ4n) is 1.81. The summed E-state index contributed by atoms with van der Waals surface area (Å²) in [6.07, 6.45) is 3.78. The maximum Gasteiger partial charge on any atom is 0.138 e. The summed E-state index contributed by atoms with van der Waals surface area (Å²) >= 11 is 0. The summed E-state index contributed by atoms with van der Waals surface area (Å²) in [6.45, 7) is 7.89. The molecule has 1 atom stereocenters. The van der Waals surface area contributed by atoms with E-state index in [1.165, 1.54) is 0 Å². The second-order valence-corrected chi connectivity index (χ2v) is 4.17. The smallest absolute Gasteiger partial charge is 0.138 e. The van der Waals surface area contributed by atoms with Gasteiger partial charge in [0.2, 0.25) is 0 Å². The topological polar surface area (TPSA) is 52.0 Å². The van der Waals surface area contributed by atoms with Crippen LogP contribution in [0, 0.1) is 5.92 Å². The number of aromatic nitrogens is 3. The van der Waals surface area contributed by atoms with E-state index < -0.39 is 0 Å². The highest BCUT2D eigenvalue weighted by Gasteiger charge is 2.11. The third-order valence-corrected chi connectivity index (χ3v) is 2.96. The maximum atomic E-state index is 5.01. The summed E-state index contributed by atoms with van der Waals surface area (Å²) in [5.74, 6) is 1.70. The lowest BCUT2D eigenvalue weighted by Crippen LogP contribution is -2.27. The number of nitrogens with one attached hydrogen (secondary N) is 1. The number of nitrogens with zero attached hydrogens (tertiary/aromatic N) is 3. The highest BCUT2D eigenvalue weighted by atomic mass is 16.5. The molecule has 0 radical (unpaired) electrons. The van der Waals surface area contributed by atoms with E-state index in [0.29, 0.717) is 5.92 Å². The minimum atomic E-state index is 0.612. The zero-order valence-corrected chi connectivity index (χ0v) is 11.1. The minimum absolute atomic E-state index is 0.612. The van der Waals surface area contributed by atoms with Crippen LogP contribution in [0.5, 0.6) is 0 Å². The van der Waals surface area contributed by atoms with Crippen molar-refractivity contribution in [2.24, 2.45) is 5.92 Å². The number of aryl methyl sites for hydroxylation is 1. The van der Waals surface area contributed by atoms with Crippen molar-refractivity contribution in [3.8, 4) is 0 Å². The van der Waals surface area contributed by atoms with Crippen molar-refractivity contribution >= 4 is 0 Å². The van der Waals surface area contributed by atoms with Crippen molar-refractivity contribution in [1.29, 1.82) is 0 Å². The first-order valence-corrected chi connectivity index (χ1v) is 6.38. The summed E-state index contributed by atoms with van der Waals surface area (Å²) in [5, 5.41) is 7.60. The standard InChI is InChI=1S/C12H24N4O/c1-4-11(9-13-6-7-17-3)8-12-14-10-15-16(12)5-2/h10-11,13H,4-9H2,1-3H3. The Hall–Kier alpha value is -0.940. The van der Waals surface area contributed by atoms with E-state index >= 15 is 0 Å². The number of hydrogen-bond acceptors (Lipinski definition) is 4. The lowest BCUT2D eigenvalue weighted by Gasteiger charge is -2.15. The van der Waals surface area contributed by atoms with E-state index in [4.69, 9.17) is 4.74 Å². The summed E-state index contributed by atoms with van der Waals surface area (Å²) in [6, 6.07) is 0. The van der Waals surface area contributed by atoms with Crippen molar-refractivity contribution in [3.63, 3.8) is 0 Å². The van der Waals surface area contributed by atoms with Crippen LogP contribution in [0.3, 0.4) is 0 Å². The quantitative estimate of drug-likeness (QED) is 0.657. The van der Waals surface area contributed by atoms with Crippen molar-refractivity contribution in [2.75, 3.05) is 26.8 Å². The molecule has 1 rings (SSSR count). The van der Waals surface area contributed by atoms with Gasteiger partial charge < -0.3 is 10.1 Å². The van der Waals surface area contributed by atoms with Crippen LogP contribution >= 0.6 is 0 Å². The average molecular weight is 240 g/mol. The second-order valence-electron chi connectivity index (χ2n) is 4.17. The molecule has 0 amide bonds. The van der Waals surface area contributed by atoms with Gasteiger partial charge in [0.25, 0.3) is 0 Å². The van der Waals surface area contributed by atoms with E-state index in [2.05, 4.69) is 29.2 Å². The molecule has 0 aliphatic heterocycles. The Morgan fingerprint density at radius 2 is 2.29 bits per heavy atom. The predicted octanol–water partition coefficient (Wildman–Crippen LogP) is 1.10. The van der Waals surface area contributed by atoms with Crippen LogP contribution < -0.4 is 5.32 Å². The lowest BCUT2D eigenvalue weighted by atomic mass is 10.0. The van der Waals surface area contributed by atoms with E-state index in [1.807, 2.05) is 4.68 Å². The molecule has 17 heavy (non-hydrogen) atoms. The SMILES string of the molecule is CCC(CNCCOC)Cc1ncnn1CC. The molecular weight excluding hydrogens is 216 g/mol. The van der Waals surface area contributed by atoms with Gasteiger partial charge >= 0.3 is 0 Å². The lowest BCUT2D eigenvalue weighted by molar-refractivity contribution is 0.197. The van der Waals surface area contributed by atoms with Crippen LogP contribution in [0.25, 0.3) is 0 Å². The van der Waals surface area contributed by atoms with Crippen LogP contribution in [0.2, 0.25) is 0 Å². The van der Waals surface area contributed by atoms with Gasteiger partial charge in [-0.1, -0.05) is 13.3 Å². The molecule has 0 bridgehead atoms. The monoisotopic (exact) mass is 240 g/mol. The number of rotatable bonds is 9. The van der Waals surface area contributed by atoms with Crippen LogP contribution in [0.15, 0.2) is 6.33 Å². The number of hydrogen-bond donors (Lipinski definition) is 1. The fourth-order valence-corrected chi connectivity index (χ4v) is 1.81. The maximum absolute atomic E-state index is 5.01. The Balaban J connectivity index is 2.35. The summed E-state index contributed by atoms with van der Waals surface area (Å²) in [5.41, 5.74) is 0. The van der Waals surface area contributed by atoms with Gasteiger partial charge in [0, 0.05) is 26.6 Å². The zero-order chi connectivity index (χ0) is 12.5. The molecule has 1 N–H and O–H groups in total. The van der Waals surface area contributed by atoms with Gasteiger partial charge in [-0.25, -0.2) is 4.98 Å². The fraction of sp³-hybridized carbons (Fsp3) is 0.833. The third-order valence-electron chi connectivity index (χ3n) is 2.96. The molecule has 1 heterocycles. The Labute approximate surface area is 104 Å². The minimum Gasteiger partial charge on any atom is -0.383 e. The molecule has 1 unspecified atom stereocenters. The second kappa shape index (κ2) is 8.20. The average Bonchev–Trinajstić information content (AvgIpc) is 2.80. The Morgan fingerprint density at radius 3 is 2.94 bits per heavy atom. The van der Waals surface area contributed by atoms with Gasteiger partial charge in [0.1, 0.15) is 12.2 Å². The Morgan fingerprint density at radius 1 is 1.47 bits per heavy atom. The van der Waals surface area contributed by atoms with Crippen LogP contribution in [0.1, 0.15) is 26.1 Å². The molecule has 1 aromatic heterocycles. The Bertz CT molecular complexity index is 300. The first-order chi connectivity index (χ1) is 8.31. The largest absolute Gasteiger partial charge is 0.383 e. The summed E-state index contributed by atoms with van der Waals surface area (Å²) in [7, 11) is 1.72. The van der Waals surface area contributed by atoms with Crippen molar-refractivity contribution in [3.05, 3.63) is 12.2 Å². The van der Waals surface area contributed by atoms with Gasteiger partial charge in [0.05, 0.1) is 6.61 Å². The van der Waals surface area contributed by atoms with Crippen LogP contribution in [-0.2, 0) is 17.7 Å². The number of methoxy groups -OCH3 is 1. The summed E-state index contributed by atoms with van der Waals surface area (Å²) in [4.78, 5) is 4.32. The normalized spacial score (nSPS) is 12.9. The highest BCUT2D eigenvalue weighted by Crippen LogP contribution is 2.09. The van der Waals surface area contributed by atoms with Gasteiger partial charge in [-0.3, -0.25) is 4.68 Å². The predicted molar refractivity (Wildman–Crippen MR) is 67.9 cm³/mol. The molecule has 0 saturated carbocycles. The van der Waals surface area contributed by atoms with Gasteiger partial charge in [0.15, 0.2) is 0 Å². The Kier molecular flexibility index (Phi) is 6.81. The molecule has 0 aliphatic carbocycles. The molecule has 0 saturated heterocycles. The van der Waals surface area contributed by atoms with Gasteiger partial charge in [-0.05, 0) is 19.4 Å². The van der Waals surface area contributed by atoms with Gasteiger partial charge in [-0.2, -0.15) is 5.10 Å². The molecule has 5 nitrogen and oxygen atoms in total. The van der Waals surface area contributed by atoms with E-state index in [9.17, 15) is 0 Å². The summed E-state index contributed by atoms with van der Waals surface area (Å²) < 4.78 is 6.98. The third kappa shape index (κ3) is 4.83. The zero-order valence-electron chi connectivity index (χ0n) is 11.1. The molecule has 5 heteroatoms. The molecule has 0 fully saturated rings. The molecular formula is C12H24N4O. The van der Waals surface area contributed by atoms with Crippen LogP contribution in [-0.4, -0.2) is 41.6 Å². The van der Waals surface area contributed by atoms with Crippen molar-refractivity contribution in [1.82, 2.24) is 20.1 Å². The molecule has 0 aromatic carbocycles. The van der Waals surface area contributed by atoms with Crippen LogP contribution in [0.4, 0.5) is 0 Å². The first kappa shape index (κ1) is 14.1. The first-order valence-electron chi connectivity index (χ1n) is 6.38. The molecule has 1 aromatic rings. The number of ether oxygens (including phenoxy) is 1. The van der Waals surface area contributed by atoms with E-state index in [1.54, 1.807) is 13.4 Å². The molecule has 0 spiro atoms. The van der Waals surface area contributed by atoms with E-state index in [0.717, 1.165) is 44.9 Å². The molecule has 98 valence electrons. The van der Waals surface area contributed by atoms with Crippen molar-refractivity contribution in [2.45, 2.75) is 33.2 Å². The van der Waals surface area contributed by atoms with E-state index in [-0.39, 0.29) is 0 Å². The molecule has 0 aliphatic rings. The van der Waals surface area contributed by atoms with Gasteiger partial charge in [-0.15, -0.1) is 0 Å². The highest BCUT2D eigenvalue weighted by molar-refractivity contribution is 4.87. The van der Waals surface area contributed by atoms with Crippen molar-refractivity contribution < 1.29 is 4.74 Å².